The molecule has 0 aliphatic carbocycles. The van der Waals surface area contributed by atoms with Crippen molar-refractivity contribution in [1.82, 2.24) is 0 Å². The molecule has 1 aromatic rings. The minimum atomic E-state index is -0.620. The quantitative estimate of drug-likeness (QED) is 0.325. The molecule has 0 spiro atoms. The predicted molar refractivity (Wildman–Crippen MR) is 55.5 cm³/mol. The molecule has 0 fully saturated rings. The Hall–Kier alpha value is -1.93. The molecule has 1 rings (SSSR count). The number of benzene rings is 1. The van der Waals surface area contributed by atoms with Crippen LogP contribution in [0.15, 0.2) is 24.3 Å². The molecule has 4 nitrogen and oxygen atoms in total. The maximum atomic E-state index is 11.4. The van der Waals surface area contributed by atoms with Gasteiger partial charge >= 0.3 is 11.7 Å². The fourth-order valence-corrected chi connectivity index (χ4v) is 1.21. The monoisotopic (exact) mass is 204 g/mol. The van der Waals surface area contributed by atoms with Crippen molar-refractivity contribution in [1.29, 1.82) is 0 Å². The zero-order chi connectivity index (χ0) is 11.3. The molecule has 0 bridgehead atoms. The number of rotatable bonds is 3. The summed E-state index contributed by atoms with van der Waals surface area (Å²) < 4.78 is 4.76. The molecular formula is C11H12N2O2. The minimum absolute atomic E-state index is 0.0689. The van der Waals surface area contributed by atoms with Gasteiger partial charge in [-0.3, -0.25) is 0 Å². The van der Waals surface area contributed by atoms with Gasteiger partial charge in [0.25, 0.3) is 0 Å². The normalized spacial score (nSPS) is 9.20. The van der Waals surface area contributed by atoms with E-state index in [0.29, 0.717) is 5.56 Å². The van der Waals surface area contributed by atoms with E-state index in [4.69, 9.17) is 10.3 Å². The van der Waals surface area contributed by atoms with Crippen molar-refractivity contribution in [2.45, 2.75) is 13.8 Å². The average Bonchev–Trinajstić information content (AvgIpc) is 2.19. The Morgan fingerprint density at radius 3 is 2.80 bits per heavy atom. The van der Waals surface area contributed by atoms with Crippen LogP contribution >= 0.6 is 0 Å². The van der Waals surface area contributed by atoms with Gasteiger partial charge in [-0.25, -0.2) is 4.79 Å². The summed E-state index contributed by atoms with van der Waals surface area (Å²) in [5.41, 5.74) is 10.2. The van der Waals surface area contributed by atoms with Crippen molar-refractivity contribution >= 4 is 11.7 Å². The number of ether oxygens (including phenoxy) is 1. The molecule has 0 saturated carbocycles. The van der Waals surface area contributed by atoms with Crippen LogP contribution in [-0.2, 0) is 9.53 Å². The number of aryl methyl sites for hydroxylation is 1. The van der Waals surface area contributed by atoms with Crippen LogP contribution in [0.4, 0.5) is 0 Å². The van der Waals surface area contributed by atoms with E-state index >= 15 is 0 Å². The lowest BCUT2D eigenvalue weighted by molar-refractivity contribution is -0.139. The third kappa shape index (κ3) is 2.76. The summed E-state index contributed by atoms with van der Waals surface area (Å²) in [6, 6.07) is 7.13. The first-order chi connectivity index (χ1) is 7.19. The summed E-state index contributed by atoms with van der Waals surface area (Å²) in [5.74, 6) is -0.620. The largest absolute Gasteiger partial charge is 0.457 e. The lowest BCUT2D eigenvalue weighted by atomic mass is 10.1. The Labute approximate surface area is 88.1 Å². The Balaban J connectivity index is 3.04. The van der Waals surface area contributed by atoms with Gasteiger partial charge < -0.3 is 10.3 Å². The molecule has 78 valence electrons. The van der Waals surface area contributed by atoms with E-state index in [1.807, 2.05) is 13.0 Å². The maximum absolute atomic E-state index is 11.4. The number of carbonyl (C=O) groups is 1. The van der Waals surface area contributed by atoms with Gasteiger partial charge in [-0.1, -0.05) is 17.7 Å². The first-order valence-electron chi connectivity index (χ1n) is 4.65. The molecule has 4 heteroatoms. The van der Waals surface area contributed by atoms with E-state index in [9.17, 15) is 4.79 Å². The second-order valence-electron chi connectivity index (χ2n) is 3.04. The van der Waals surface area contributed by atoms with Crippen LogP contribution < -0.4 is 0 Å². The van der Waals surface area contributed by atoms with E-state index in [0.717, 1.165) is 5.56 Å². The molecule has 0 amide bonds. The number of hydrogen-bond donors (Lipinski definition) is 0. The molecule has 0 aromatic heterocycles. The maximum Gasteiger partial charge on any atom is 0.422 e. The van der Waals surface area contributed by atoms with Crippen molar-refractivity contribution in [2.24, 2.45) is 0 Å². The predicted octanol–water partition coefficient (Wildman–Crippen LogP) is 1.58. The molecular weight excluding hydrogens is 192 g/mol. The summed E-state index contributed by atoms with van der Waals surface area (Å²) in [5, 5.41) is 0. The third-order valence-electron chi connectivity index (χ3n) is 1.86. The minimum Gasteiger partial charge on any atom is -0.457 e. The van der Waals surface area contributed by atoms with Crippen molar-refractivity contribution < 1.29 is 14.3 Å². The fraction of sp³-hybridized carbons (Fsp3) is 0.273. The molecule has 0 N–H and O–H groups in total. The highest BCUT2D eigenvalue weighted by atomic mass is 16.5. The van der Waals surface area contributed by atoms with Crippen LogP contribution in [0.2, 0.25) is 0 Å². The third-order valence-corrected chi connectivity index (χ3v) is 1.86. The Bertz CT molecular complexity index is 420. The second-order valence-corrected chi connectivity index (χ2v) is 3.04. The van der Waals surface area contributed by atoms with Crippen LogP contribution in [-0.4, -0.2) is 23.1 Å². The molecule has 15 heavy (non-hydrogen) atoms. The molecule has 1 aromatic carbocycles. The molecule has 0 aliphatic heterocycles. The number of hydrogen-bond acceptors (Lipinski definition) is 2. The van der Waals surface area contributed by atoms with E-state index in [2.05, 4.69) is 4.79 Å². The topological polar surface area (TPSA) is 62.7 Å². The lowest BCUT2D eigenvalue weighted by Crippen LogP contribution is -2.19. The van der Waals surface area contributed by atoms with E-state index in [1.54, 1.807) is 25.1 Å². The molecule has 0 aliphatic rings. The highest BCUT2D eigenvalue weighted by Crippen LogP contribution is 2.05. The van der Waals surface area contributed by atoms with Crippen LogP contribution in [0.5, 0.6) is 0 Å². The smallest absolute Gasteiger partial charge is 0.422 e. The van der Waals surface area contributed by atoms with Crippen molar-refractivity contribution in [2.75, 3.05) is 6.61 Å². The highest BCUT2D eigenvalue weighted by Gasteiger charge is 2.23. The van der Waals surface area contributed by atoms with Crippen molar-refractivity contribution in [3.8, 4) is 0 Å². The highest BCUT2D eigenvalue weighted by molar-refractivity contribution is 6.40. The van der Waals surface area contributed by atoms with Gasteiger partial charge in [0.15, 0.2) is 0 Å². The number of esters is 1. The van der Waals surface area contributed by atoms with Crippen LogP contribution in [0.3, 0.4) is 0 Å². The Morgan fingerprint density at radius 1 is 1.53 bits per heavy atom. The van der Waals surface area contributed by atoms with Crippen molar-refractivity contribution in [3.05, 3.63) is 40.9 Å². The van der Waals surface area contributed by atoms with Crippen molar-refractivity contribution in [3.63, 3.8) is 0 Å². The average molecular weight is 204 g/mol. The van der Waals surface area contributed by atoms with Gasteiger partial charge in [-0.2, -0.15) is 4.79 Å². The SMILES string of the molecule is CCOC(=O)C(=[N+]=[N-])c1cccc(C)c1. The van der Waals surface area contributed by atoms with Crippen LogP contribution in [0.1, 0.15) is 18.1 Å². The Kier molecular flexibility index (Phi) is 3.77. The van der Waals surface area contributed by atoms with Gasteiger partial charge in [0, 0.05) is 0 Å². The van der Waals surface area contributed by atoms with Gasteiger partial charge in [0.2, 0.25) is 0 Å². The Morgan fingerprint density at radius 2 is 2.27 bits per heavy atom. The van der Waals surface area contributed by atoms with E-state index in [1.165, 1.54) is 0 Å². The lowest BCUT2D eigenvalue weighted by Gasteiger charge is -1.98. The summed E-state index contributed by atoms with van der Waals surface area (Å²) in [6.45, 7) is 3.84. The number of nitrogens with zero attached hydrogens (tertiary/aromatic N) is 2. The molecule has 0 atom stereocenters. The molecule has 0 saturated heterocycles. The second kappa shape index (κ2) is 5.08. The van der Waals surface area contributed by atoms with Crippen LogP contribution in [0, 0.1) is 6.92 Å². The molecule has 0 unspecified atom stereocenters. The van der Waals surface area contributed by atoms with Crippen LogP contribution in [0.25, 0.3) is 5.53 Å². The molecule has 0 heterocycles. The summed E-state index contributed by atoms with van der Waals surface area (Å²) in [7, 11) is 0. The van der Waals surface area contributed by atoms with Gasteiger partial charge in [0.05, 0.1) is 12.2 Å². The zero-order valence-corrected chi connectivity index (χ0v) is 8.73. The molecule has 0 radical (unpaired) electrons. The van der Waals surface area contributed by atoms with Gasteiger partial charge in [-0.15, -0.1) is 0 Å². The number of carbonyl (C=O) groups excluding carboxylic acids is 1. The van der Waals surface area contributed by atoms with Gasteiger partial charge in [0.1, 0.15) is 0 Å². The zero-order valence-electron chi connectivity index (χ0n) is 8.73. The van der Waals surface area contributed by atoms with E-state index in [-0.39, 0.29) is 12.3 Å². The summed E-state index contributed by atoms with van der Waals surface area (Å²) >= 11 is 0. The standard InChI is InChI=1S/C11H12N2O2/c1-3-15-11(14)10(13-12)9-6-4-5-8(2)7-9/h4-7H,3H2,1-2H3. The first-order valence-corrected chi connectivity index (χ1v) is 4.65. The van der Waals surface area contributed by atoms with E-state index < -0.39 is 5.97 Å². The summed E-state index contributed by atoms with van der Waals surface area (Å²) in [6.07, 6.45) is 0. The van der Waals surface area contributed by atoms with Gasteiger partial charge in [-0.05, 0) is 26.0 Å². The summed E-state index contributed by atoms with van der Waals surface area (Å²) in [4.78, 5) is 14.3. The fourth-order valence-electron chi connectivity index (χ4n) is 1.21. The first kappa shape index (κ1) is 11.1.